The molecule has 2 aliphatic heterocycles. The lowest BCUT2D eigenvalue weighted by atomic mass is 9.83. The first-order chi connectivity index (χ1) is 12.7. The van der Waals surface area contributed by atoms with Gasteiger partial charge in [-0.25, -0.2) is 4.98 Å². The zero-order chi connectivity index (χ0) is 17.9. The number of pyridine rings is 1. The minimum atomic E-state index is 0.306. The van der Waals surface area contributed by atoms with Gasteiger partial charge >= 0.3 is 0 Å². The van der Waals surface area contributed by atoms with E-state index >= 15 is 0 Å². The van der Waals surface area contributed by atoms with Crippen LogP contribution in [0.25, 0.3) is 0 Å². The van der Waals surface area contributed by atoms with Crippen LogP contribution in [0.2, 0.25) is 0 Å². The quantitative estimate of drug-likeness (QED) is 0.834. The van der Waals surface area contributed by atoms with E-state index in [4.69, 9.17) is 5.26 Å². The summed E-state index contributed by atoms with van der Waals surface area (Å²) in [4.78, 5) is 22.7. The number of fused-ring (bicyclic) bond motifs is 1. The van der Waals surface area contributed by atoms with Crippen LogP contribution in [0.15, 0.2) is 35.7 Å². The van der Waals surface area contributed by atoms with E-state index in [1.165, 1.54) is 4.88 Å². The maximum absolute atomic E-state index is 12.5. The Kier molecular flexibility index (Phi) is 4.89. The molecule has 6 heteroatoms. The summed E-state index contributed by atoms with van der Waals surface area (Å²) in [5.41, 5.74) is 0.459. The molecule has 0 aromatic carbocycles. The molecule has 2 fully saturated rings. The molecule has 0 N–H and O–H groups in total. The summed E-state index contributed by atoms with van der Waals surface area (Å²) in [7, 11) is 0. The third kappa shape index (κ3) is 3.45. The lowest BCUT2D eigenvalue weighted by molar-refractivity contribution is -0.139. The number of carbonyl (C=O) groups is 1. The Morgan fingerprint density at radius 3 is 3.00 bits per heavy atom. The summed E-state index contributed by atoms with van der Waals surface area (Å²) < 4.78 is 0. The number of likely N-dealkylation sites (tertiary alicyclic amines) is 1. The van der Waals surface area contributed by atoms with Crippen LogP contribution in [-0.2, 0) is 11.2 Å². The number of piperidine rings is 2. The lowest BCUT2D eigenvalue weighted by Crippen LogP contribution is -2.56. The molecule has 0 radical (unpaired) electrons. The predicted octanol–water partition coefficient (Wildman–Crippen LogP) is 3.07. The van der Waals surface area contributed by atoms with E-state index < -0.39 is 0 Å². The number of rotatable bonds is 4. The molecule has 5 nitrogen and oxygen atoms in total. The van der Waals surface area contributed by atoms with Gasteiger partial charge in [0, 0.05) is 37.0 Å². The minimum Gasteiger partial charge on any atom is -0.356 e. The van der Waals surface area contributed by atoms with Crippen molar-refractivity contribution in [2.24, 2.45) is 5.92 Å². The topological polar surface area (TPSA) is 60.2 Å². The Bertz CT molecular complexity index is 813. The second kappa shape index (κ2) is 7.46. The van der Waals surface area contributed by atoms with Crippen LogP contribution in [0.5, 0.6) is 0 Å². The van der Waals surface area contributed by atoms with E-state index in [2.05, 4.69) is 38.4 Å². The normalized spacial score (nSPS) is 22.8. The number of nitrogens with zero attached hydrogens (tertiary/aromatic N) is 4. The van der Waals surface area contributed by atoms with Gasteiger partial charge < -0.3 is 9.80 Å². The summed E-state index contributed by atoms with van der Waals surface area (Å²) in [6.07, 6.45) is 3.51. The molecule has 2 saturated heterocycles. The van der Waals surface area contributed by atoms with Gasteiger partial charge in [0.15, 0.2) is 0 Å². The number of nitriles is 1. The lowest BCUT2D eigenvalue weighted by Gasteiger charge is -2.47. The zero-order valence-corrected chi connectivity index (χ0v) is 15.5. The molecule has 0 aliphatic carbocycles. The second-order valence-electron chi connectivity index (χ2n) is 7.01. The monoisotopic (exact) mass is 366 g/mol. The molecule has 0 bridgehead atoms. The number of aromatic nitrogens is 1. The summed E-state index contributed by atoms with van der Waals surface area (Å²) >= 11 is 1.76. The van der Waals surface area contributed by atoms with Gasteiger partial charge in [-0.2, -0.15) is 5.26 Å². The third-order valence-electron chi connectivity index (χ3n) is 5.50. The Hall–Kier alpha value is -2.39. The zero-order valence-electron chi connectivity index (χ0n) is 14.7. The number of thiophene rings is 1. The van der Waals surface area contributed by atoms with E-state index in [9.17, 15) is 4.79 Å². The van der Waals surface area contributed by atoms with Crippen molar-refractivity contribution in [3.8, 4) is 6.07 Å². The van der Waals surface area contributed by atoms with Gasteiger partial charge in [0.25, 0.3) is 0 Å². The van der Waals surface area contributed by atoms with Gasteiger partial charge in [0.05, 0.1) is 0 Å². The predicted molar refractivity (Wildman–Crippen MR) is 102 cm³/mol. The largest absolute Gasteiger partial charge is 0.356 e. The van der Waals surface area contributed by atoms with Crippen molar-refractivity contribution in [3.05, 3.63) is 46.3 Å². The number of amides is 1. The van der Waals surface area contributed by atoms with E-state index in [-0.39, 0.29) is 0 Å². The fourth-order valence-electron chi connectivity index (χ4n) is 4.20. The highest BCUT2D eigenvalue weighted by Gasteiger charge is 2.39. The first kappa shape index (κ1) is 17.0. The fraction of sp³-hybridized carbons (Fsp3) is 0.450. The smallest absolute Gasteiger partial charge is 0.222 e. The molecule has 4 heterocycles. The van der Waals surface area contributed by atoms with Crippen LogP contribution >= 0.6 is 11.3 Å². The van der Waals surface area contributed by atoms with Crippen molar-refractivity contribution in [2.75, 3.05) is 24.5 Å². The molecular formula is C20H22N4OS. The summed E-state index contributed by atoms with van der Waals surface area (Å²) in [5, 5.41) is 11.2. The maximum atomic E-state index is 12.5. The molecule has 26 heavy (non-hydrogen) atoms. The average molecular weight is 366 g/mol. The summed E-state index contributed by atoms with van der Waals surface area (Å²) in [6, 6.07) is 12.3. The molecule has 1 amide bonds. The number of carbonyl (C=O) groups excluding carboxylic acids is 1. The molecule has 2 aromatic heterocycles. The summed E-state index contributed by atoms with van der Waals surface area (Å²) in [5.74, 6) is 1.67. The second-order valence-corrected chi connectivity index (χ2v) is 8.04. The Labute approximate surface area is 157 Å². The van der Waals surface area contributed by atoms with Gasteiger partial charge in [0.1, 0.15) is 17.6 Å². The molecule has 2 unspecified atom stereocenters. The van der Waals surface area contributed by atoms with Crippen LogP contribution in [0.3, 0.4) is 0 Å². The van der Waals surface area contributed by atoms with Crippen molar-refractivity contribution in [3.63, 3.8) is 0 Å². The molecule has 0 saturated carbocycles. The Morgan fingerprint density at radius 1 is 1.27 bits per heavy atom. The average Bonchev–Trinajstić information content (AvgIpc) is 3.20. The third-order valence-corrected chi connectivity index (χ3v) is 6.43. The van der Waals surface area contributed by atoms with Crippen molar-refractivity contribution < 1.29 is 4.79 Å². The minimum absolute atomic E-state index is 0.306. The molecule has 134 valence electrons. The van der Waals surface area contributed by atoms with Gasteiger partial charge in [0.2, 0.25) is 5.91 Å². The highest BCUT2D eigenvalue weighted by Crippen LogP contribution is 2.33. The molecule has 2 aliphatic rings. The van der Waals surface area contributed by atoms with Gasteiger partial charge in [-0.15, -0.1) is 11.3 Å². The molecule has 0 spiro atoms. The van der Waals surface area contributed by atoms with Gasteiger partial charge in [-0.1, -0.05) is 12.1 Å². The van der Waals surface area contributed by atoms with Crippen LogP contribution < -0.4 is 4.90 Å². The van der Waals surface area contributed by atoms with Crippen molar-refractivity contribution in [2.45, 2.75) is 31.7 Å². The SMILES string of the molecule is N#Cc1cccc(N2CCC3C(CCC(=O)N3CCc3cccs3)C2)n1. The molecular weight excluding hydrogens is 344 g/mol. The van der Waals surface area contributed by atoms with E-state index in [1.807, 2.05) is 12.1 Å². The number of hydrogen-bond acceptors (Lipinski definition) is 5. The van der Waals surface area contributed by atoms with Crippen molar-refractivity contribution in [1.29, 1.82) is 5.26 Å². The van der Waals surface area contributed by atoms with Crippen LogP contribution in [0.1, 0.15) is 29.8 Å². The van der Waals surface area contributed by atoms with Crippen molar-refractivity contribution in [1.82, 2.24) is 9.88 Å². The number of anilines is 1. The standard InChI is InChI=1S/C20H22N4OS/c21-13-16-3-1-5-19(22-16)23-10-9-18-15(14-23)6-7-20(25)24(18)11-8-17-4-2-12-26-17/h1-5,12,15,18H,6-11,14H2. The highest BCUT2D eigenvalue weighted by atomic mass is 32.1. The van der Waals surface area contributed by atoms with Gasteiger partial charge in [-0.3, -0.25) is 4.79 Å². The fourth-order valence-corrected chi connectivity index (χ4v) is 4.90. The molecule has 4 rings (SSSR count). The maximum Gasteiger partial charge on any atom is 0.222 e. The van der Waals surface area contributed by atoms with Crippen molar-refractivity contribution >= 4 is 23.1 Å². The van der Waals surface area contributed by atoms with E-state index in [0.717, 1.165) is 44.7 Å². The number of hydrogen-bond donors (Lipinski definition) is 0. The van der Waals surface area contributed by atoms with E-state index in [0.29, 0.717) is 30.0 Å². The molecule has 2 atom stereocenters. The van der Waals surface area contributed by atoms with Crippen LogP contribution in [0.4, 0.5) is 5.82 Å². The summed E-state index contributed by atoms with van der Waals surface area (Å²) in [6.45, 7) is 2.61. The van der Waals surface area contributed by atoms with Gasteiger partial charge in [-0.05, 0) is 48.8 Å². The Balaban J connectivity index is 1.44. The molecule has 2 aromatic rings. The van der Waals surface area contributed by atoms with Crippen LogP contribution in [-0.4, -0.2) is 41.5 Å². The van der Waals surface area contributed by atoms with E-state index in [1.54, 1.807) is 17.4 Å². The Morgan fingerprint density at radius 2 is 2.19 bits per heavy atom. The van der Waals surface area contributed by atoms with Crippen LogP contribution in [0, 0.1) is 17.2 Å². The first-order valence-corrected chi connectivity index (χ1v) is 10.1. The first-order valence-electron chi connectivity index (χ1n) is 9.18. The highest BCUT2D eigenvalue weighted by molar-refractivity contribution is 7.09.